The van der Waals surface area contributed by atoms with Crippen LogP contribution in [0.5, 0.6) is 5.75 Å². The van der Waals surface area contributed by atoms with Crippen molar-refractivity contribution in [2.45, 2.75) is 18.9 Å². The molecule has 2 fully saturated rings. The number of esters is 1. The molecule has 1 aromatic heterocycles. The van der Waals surface area contributed by atoms with E-state index < -0.39 is 0 Å². The van der Waals surface area contributed by atoms with Crippen molar-refractivity contribution in [2.24, 2.45) is 0 Å². The molecule has 0 unspecified atom stereocenters. The number of amides is 1. The zero-order chi connectivity index (χ0) is 19.5. The first-order chi connectivity index (χ1) is 13.6. The van der Waals surface area contributed by atoms with Gasteiger partial charge in [-0.1, -0.05) is 42.2 Å². The maximum absolute atomic E-state index is 12.7. The predicted octanol–water partition coefficient (Wildman–Crippen LogP) is 4.35. The Hall–Kier alpha value is -2.00. The molecule has 0 N–H and O–H groups in total. The minimum atomic E-state index is -0.377. The van der Waals surface area contributed by atoms with E-state index >= 15 is 0 Å². The average Bonchev–Trinajstić information content (AvgIpc) is 3.44. The Bertz CT molecular complexity index is 915. The van der Waals surface area contributed by atoms with Crippen molar-refractivity contribution in [2.75, 3.05) is 13.2 Å². The number of ether oxygens (including phenoxy) is 2. The summed E-state index contributed by atoms with van der Waals surface area (Å²) in [7, 11) is 0. The number of thiocarbonyl (C=S) groups is 1. The summed E-state index contributed by atoms with van der Waals surface area (Å²) >= 11 is 8.01. The van der Waals surface area contributed by atoms with Gasteiger partial charge in [0.1, 0.15) is 14.9 Å². The first-order valence-corrected chi connectivity index (χ1v) is 10.9. The summed E-state index contributed by atoms with van der Waals surface area (Å²) in [6.45, 7) is 1.26. The molecule has 0 spiro atoms. The molecule has 5 nitrogen and oxygen atoms in total. The molecule has 3 heterocycles. The third kappa shape index (κ3) is 4.35. The largest absolute Gasteiger partial charge is 0.422 e. The number of thioether (sulfide) groups is 1. The number of carbonyl (C=O) groups is 2. The number of hydrogen-bond donors (Lipinski definition) is 0. The Morgan fingerprint density at radius 1 is 1.32 bits per heavy atom. The van der Waals surface area contributed by atoms with Gasteiger partial charge in [-0.2, -0.15) is 0 Å². The highest BCUT2D eigenvalue weighted by Gasteiger charge is 2.34. The number of hydrogen-bond acceptors (Lipinski definition) is 7. The van der Waals surface area contributed by atoms with Crippen molar-refractivity contribution in [1.29, 1.82) is 0 Å². The van der Waals surface area contributed by atoms with Gasteiger partial charge >= 0.3 is 5.97 Å². The van der Waals surface area contributed by atoms with Gasteiger partial charge in [0.2, 0.25) is 0 Å². The molecule has 2 aromatic rings. The summed E-state index contributed by atoms with van der Waals surface area (Å²) in [5.74, 6) is -0.00191. The van der Waals surface area contributed by atoms with E-state index in [2.05, 4.69) is 0 Å². The van der Waals surface area contributed by atoms with Crippen LogP contribution in [0.25, 0.3) is 6.08 Å². The number of nitrogens with zero attached hydrogens (tertiary/aromatic N) is 1. The van der Waals surface area contributed by atoms with Crippen LogP contribution in [0.2, 0.25) is 0 Å². The van der Waals surface area contributed by atoms with E-state index in [1.807, 2.05) is 17.5 Å². The maximum atomic E-state index is 12.7. The molecule has 0 aliphatic carbocycles. The molecule has 0 radical (unpaired) electrons. The minimum Gasteiger partial charge on any atom is -0.422 e. The first-order valence-electron chi connectivity index (χ1n) is 8.83. The van der Waals surface area contributed by atoms with E-state index in [1.165, 1.54) is 23.1 Å². The van der Waals surface area contributed by atoms with Crippen LogP contribution in [0.4, 0.5) is 0 Å². The molecule has 144 valence electrons. The van der Waals surface area contributed by atoms with Crippen LogP contribution in [-0.2, 0) is 9.53 Å². The molecule has 0 bridgehead atoms. The Morgan fingerprint density at radius 2 is 2.14 bits per heavy atom. The van der Waals surface area contributed by atoms with E-state index in [9.17, 15) is 9.59 Å². The second-order valence-electron chi connectivity index (χ2n) is 6.36. The van der Waals surface area contributed by atoms with Crippen molar-refractivity contribution in [3.63, 3.8) is 0 Å². The van der Waals surface area contributed by atoms with Gasteiger partial charge in [-0.3, -0.25) is 9.69 Å². The molecule has 1 atom stereocenters. The van der Waals surface area contributed by atoms with Crippen LogP contribution in [0.1, 0.15) is 28.1 Å². The molecule has 2 saturated heterocycles. The SMILES string of the molecule is O=C(Oc1ccc(/C=C2\SC(=S)N(C[C@H]3CCCO3)C2=O)cc1)c1cccs1. The maximum Gasteiger partial charge on any atom is 0.353 e. The monoisotopic (exact) mass is 431 g/mol. The van der Waals surface area contributed by atoms with Crippen LogP contribution >= 0.6 is 35.3 Å². The Labute approximate surface area is 176 Å². The van der Waals surface area contributed by atoms with Crippen molar-refractivity contribution >= 4 is 57.6 Å². The van der Waals surface area contributed by atoms with E-state index in [0.717, 1.165) is 25.0 Å². The number of rotatable bonds is 5. The van der Waals surface area contributed by atoms with E-state index in [1.54, 1.807) is 35.2 Å². The fourth-order valence-electron chi connectivity index (χ4n) is 2.98. The second kappa shape index (κ2) is 8.57. The fourth-order valence-corrected chi connectivity index (χ4v) is 4.86. The van der Waals surface area contributed by atoms with Crippen LogP contribution in [0, 0.1) is 0 Å². The van der Waals surface area contributed by atoms with Gasteiger partial charge in [0.15, 0.2) is 0 Å². The summed E-state index contributed by atoms with van der Waals surface area (Å²) in [5, 5.41) is 1.83. The molecule has 8 heteroatoms. The first kappa shape index (κ1) is 19.3. The predicted molar refractivity (Wildman–Crippen MR) is 115 cm³/mol. The van der Waals surface area contributed by atoms with Gasteiger partial charge in [-0.15, -0.1) is 11.3 Å². The van der Waals surface area contributed by atoms with Gasteiger partial charge in [0.25, 0.3) is 5.91 Å². The number of carbonyl (C=O) groups excluding carboxylic acids is 2. The van der Waals surface area contributed by atoms with Gasteiger partial charge in [0.05, 0.1) is 17.6 Å². The quantitative estimate of drug-likeness (QED) is 0.304. The van der Waals surface area contributed by atoms with Crippen LogP contribution < -0.4 is 4.74 Å². The Morgan fingerprint density at radius 3 is 2.82 bits per heavy atom. The van der Waals surface area contributed by atoms with E-state index in [-0.39, 0.29) is 18.0 Å². The summed E-state index contributed by atoms with van der Waals surface area (Å²) in [5.41, 5.74) is 0.841. The molecule has 0 saturated carbocycles. The van der Waals surface area contributed by atoms with Crippen molar-refractivity contribution in [3.05, 3.63) is 57.1 Å². The lowest BCUT2D eigenvalue weighted by Crippen LogP contribution is -2.35. The highest BCUT2D eigenvalue weighted by molar-refractivity contribution is 8.26. The lowest BCUT2D eigenvalue weighted by Gasteiger charge is -2.18. The Kier molecular flexibility index (Phi) is 5.91. The molecular formula is C20H17NO4S3. The summed E-state index contributed by atoms with van der Waals surface area (Å²) < 4.78 is 11.5. The standard InChI is InChI=1S/C20H17NO4S3/c22-18-17(28-20(26)21(18)12-15-3-1-9-24-15)11-13-5-7-14(8-6-13)25-19(23)16-4-2-10-27-16/h2,4-8,10-11,15H,1,3,9,12H2/b17-11-/t15-/m1/s1. The minimum absolute atomic E-state index is 0.0687. The molecule has 2 aliphatic heterocycles. The third-order valence-electron chi connectivity index (χ3n) is 4.39. The normalized spacial score (nSPS) is 20.9. The second-order valence-corrected chi connectivity index (χ2v) is 8.99. The summed E-state index contributed by atoms with van der Waals surface area (Å²) in [6.07, 6.45) is 3.86. The van der Waals surface area contributed by atoms with Crippen molar-refractivity contribution < 1.29 is 19.1 Å². The highest BCUT2D eigenvalue weighted by Crippen LogP contribution is 2.33. The molecule has 4 rings (SSSR count). The lowest BCUT2D eigenvalue weighted by molar-refractivity contribution is -0.123. The fraction of sp³-hybridized carbons (Fsp3) is 0.250. The van der Waals surface area contributed by atoms with Crippen LogP contribution in [0.15, 0.2) is 46.7 Å². The van der Waals surface area contributed by atoms with Crippen molar-refractivity contribution in [3.8, 4) is 5.75 Å². The lowest BCUT2D eigenvalue weighted by atomic mass is 10.2. The molecular weight excluding hydrogens is 414 g/mol. The molecule has 1 aromatic carbocycles. The topological polar surface area (TPSA) is 55.8 Å². The summed E-state index contributed by atoms with van der Waals surface area (Å²) in [6, 6.07) is 10.6. The van der Waals surface area contributed by atoms with Gasteiger partial charge in [-0.25, -0.2) is 4.79 Å². The molecule has 1 amide bonds. The third-order valence-corrected chi connectivity index (χ3v) is 6.62. The summed E-state index contributed by atoms with van der Waals surface area (Å²) in [4.78, 5) is 27.4. The van der Waals surface area contributed by atoms with E-state index in [0.29, 0.717) is 26.4 Å². The average molecular weight is 432 g/mol. The van der Waals surface area contributed by atoms with Gasteiger partial charge < -0.3 is 9.47 Å². The van der Waals surface area contributed by atoms with Gasteiger partial charge in [0, 0.05) is 6.61 Å². The van der Waals surface area contributed by atoms with Crippen LogP contribution in [-0.4, -0.2) is 40.4 Å². The highest BCUT2D eigenvalue weighted by atomic mass is 32.2. The zero-order valence-corrected chi connectivity index (χ0v) is 17.3. The van der Waals surface area contributed by atoms with Gasteiger partial charge in [-0.05, 0) is 48.1 Å². The molecule has 28 heavy (non-hydrogen) atoms. The molecule has 2 aliphatic rings. The number of thiophene rings is 1. The smallest absolute Gasteiger partial charge is 0.353 e. The Balaban J connectivity index is 1.41. The number of benzene rings is 1. The van der Waals surface area contributed by atoms with Crippen molar-refractivity contribution in [1.82, 2.24) is 4.90 Å². The van der Waals surface area contributed by atoms with E-state index in [4.69, 9.17) is 21.7 Å². The zero-order valence-electron chi connectivity index (χ0n) is 14.8. The van der Waals surface area contributed by atoms with Crippen LogP contribution in [0.3, 0.4) is 0 Å².